The number of halogens is 3. The molecule has 0 aliphatic heterocycles. The monoisotopic (exact) mass is 232 g/mol. The van der Waals surface area contributed by atoms with Crippen molar-refractivity contribution in [2.75, 3.05) is 19.6 Å². The molecule has 1 aromatic rings. The summed E-state index contributed by atoms with van der Waals surface area (Å²) < 4.78 is 36.8. The second-order valence-electron chi connectivity index (χ2n) is 3.65. The average molecular weight is 232 g/mol. The first-order valence-corrected chi connectivity index (χ1v) is 5.09. The molecule has 0 spiro atoms. The lowest BCUT2D eigenvalue weighted by molar-refractivity contribution is 0.197. The Labute approximate surface area is 92.7 Å². The van der Waals surface area contributed by atoms with Crippen LogP contribution in [0, 0.1) is 0 Å². The number of aliphatic hydroxyl groups is 1. The van der Waals surface area contributed by atoms with Crippen molar-refractivity contribution < 1.29 is 18.1 Å². The van der Waals surface area contributed by atoms with Gasteiger partial charge in [-0.05, 0) is 12.0 Å². The Bertz CT molecular complexity index is 305. The molecule has 0 bridgehead atoms. The van der Waals surface area contributed by atoms with E-state index in [1.165, 1.54) is 4.90 Å². The SMILES string of the molecule is OCCN(Cc1ccccc1)C[B-](F)(F)F. The Balaban J connectivity index is 2.58. The summed E-state index contributed by atoms with van der Waals surface area (Å²) in [5, 5.41) is 8.71. The third-order valence-corrected chi connectivity index (χ3v) is 2.13. The number of hydrogen-bond acceptors (Lipinski definition) is 2. The van der Waals surface area contributed by atoms with Gasteiger partial charge in [-0.2, -0.15) is 0 Å². The van der Waals surface area contributed by atoms with Gasteiger partial charge in [0.25, 0.3) is 0 Å². The molecule has 0 heterocycles. The summed E-state index contributed by atoms with van der Waals surface area (Å²) in [5.74, 6) is 0. The van der Waals surface area contributed by atoms with Crippen LogP contribution in [0.1, 0.15) is 5.56 Å². The lowest BCUT2D eigenvalue weighted by Crippen LogP contribution is -2.39. The van der Waals surface area contributed by atoms with Gasteiger partial charge in [0.2, 0.25) is 0 Å². The highest BCUT2D eigenvalue weighted by Crippen LogP contribution is 2.13. The van der Waals surface area contributed by atoms with E-state index < -0.39 is 13.4 Å². The summed E-state index contributed by atoms with van der Waals surface area (Å²) in [5.41, 5.74) is 0.816. The molecule has 0 atom stereocenters. The largest absolute Gasteiger partial charge is 0.492 e. The molecule has 0 amide bonds. The summed E-state index contributed by atoms with van der Waals surface area (Å²) in [4.78, 5) is 1.20. The number of aliphatic hydroxyl groups excluding tert-OH is 1. The van der Waals surface area contributed by atoms with Crippen molar-refractivity contribution in [3.05, 3.63) is 35.9 Å². The second-order valence-corrected chi connectivity index (χ2v) is 3.65. The van der Waals surface area contributed by atoms with Gasteiger partial charge < -0.3 is 23.0 Å². The van der Waals surface area contributed by atoms with Crippen LogP contribution in [0.5, 0.6) is 0 Å². The molecule has 0 aliphatic rings. The highest BCUT2D eigenvalue weighted by atomic mass is 19.4. The average Bonchev–Trinajstić information content (AvgIpc) is 2.17. The Morgan fingerprint density at radius 2 is 1.75 bits per heavy atom. The van der Waals surface area contributed by atoms with Crippen LogP contribution >= 0.6 is 0 Å². The van der Waals surface area contributed by atoms with Crippen LogP contribution in [0.25, 0.3) is 0 Å². The molecule has 16 heavy (non-hydrogen) atoms. The standard InChI is InChI=1S/C10H14BF3NO/c12-11(13,14)9-15(6-7-16)8-10-4-2-1-3-5-10/h1-5,16H,6-9H2/q-1. The third-order valence-electron chi connectivity index (χ3n) is 2.13. The first kappa shape index (κ1) is 13.1. The van der Waals surface area contributed by atoms with Crippen LogP contribution in [-0.4, -0.2) is 36.6 Å². The van der Waals surface area contributed by atoms with Crippen molar-refractivity contribution in [3.8, 4) is 0 Å². The summed E-state index contributed by atoms with van der Waals surface area (Å²) in [6, 6.07) is 8.92. The lowest BCUT2D eigenvalue weighted by atomic mass is 9.91. The van der Waals surface area contributed by atoms with Gasteiger partial charge in [0.15, 0.2) is 0 Å². The van der Waals surface area contributed by atoms with Crippen LogP contribution in [0.3, 0.4) is 0 Å². The topological polar surface area (TPSA) is 23.5 Å². The maximum Gasteiger partial charge on any atom is 0.492 e. The predicted molar refractivity (Wildman–Crippen MR) is 57.9 cm³/mol. The Morgan fingerprint density at radius 3 is 2.25 bits per heavy atom. The fourth-order valence-electron chi connectivity index (χ4n) is 1.51. The van der Waals surface area contributed by atoms with Gasteiger partial charge in [-0.15, -0.1) is 0 Å². The maximum absolute atomic E-state index is 12.3. The highest BCUT2D eigenvalue weighted by molar-refractivity contribution is 6.58. The zero-order valence-corrected chi connectivity index (χ0v) is 8.82. The van der Waals surface area contributed by atoms with Crippen molar-refractivity contribution in [3.63, 3.8) is 0 Å². The molecule has 1 rings (SSSR count). The van der Waals surface area contributed by atoms with Gasteiger partial charge in [0, 0.05) is 13.1 Å². The van der Waals surface area contributed by atoms with Crippen molar-refractivity contribution in [1.82, 2.24) is 4.90 Å². The molecule has 2 nitrogen and oxygen atoms in total. The van der Waals surface area contributed by atoms with Gasteiger partial charge in [-0.1, -0.05) is 30.3 Å². The molecule has 0 aromatic heterocycles. The first-order chi connectivity index (χ1) is 7.51. The minimum Gasteiger partial charge on any atom is -0.448 e. The van der Waals surface area contributed by atoms with Crippen LogP contribution in [-0.2, 0) is 6.54 Å². The number of hydrogen-bond donors (Lipinski definition) is 1. The summed E-state index contributed by atoms with van der Waals surface area (Å²) in [7, 11) is 0. The second kappa shape index (κ2) is 5.91. The van der Waals surface area contributed by atoms with Crippen molar-refractivity contribution in [1.29, 1.82) is 0 Å². The molecule has 0 saturated heterocycles. The van der Waals surface area contributed by atoms with E-state index in [9.17, 15) is 12.9 Å². The van der Waals surface area contributed by atoms with E-state index in [0.29, 0.717) is 0 Å². The van der Waals surface area contributed by atoms with Crippen molar-refractivity contribution in [2.45, 2.75) is 6.54 Å². The molecule has 1 aromatic carbocycles. The third kappa shape index (κ3) is 5.18. The predicted octanol–water partition coefficient (Wildman–Crippen LogP) is 1.87. The van der Waals surface area contributed by atoms with Crippen LogP contribution in [0.4, 0.5) is 12.9 Å². The van der Waals surface area contributed by atoms with E-state index in [-0.39, 0.29) is 19.7 Å². The summed E-state index contributed by atoms with van der Waals surface area (Å²) in [6.45, 7) is -4.86. The molecular weight excluding hydrogens is 218 g/mol. The molecule has 0 aliphatic carbocycles. The summed E-state index contributed by atoms with van der Waals surface area (Å²) in [6.07, 6.45) is -0.935. The molecule has 0 radical (unpaired) electrons. The molecule has 1 N–H and O–H groups in total. The Kier molecular flexibility index (Phi) is 4.83. The fourth-order valence-corrected chi connectivity index (χ4v) is 1.51. The van der Waals surface area contributed by atoms with E-state index in [1.807, 2.05) is 6.07 Å². The normalized spacial score (nSPS) is 12.1. The Hall–Kier alpha value is -1.01. The minimum atomic E-state index is -4.85. The van der Waals surface area contributed by atoms with Crippen molar-refractivity contribution >= 4 is 6.98 Å². The van der Waals surface area contributed by atoms with Gasteiger partial charge in [0.1, 0.15) is 0 Å². The van der Waals surface area contributed by atoms with Gasteiger partial charge in [-0.3, -0.25) is 0 Å². The van der Waals surface area contributed by atoms with Gasteiger partial charge in [-0.25, -0.2) is 0 Å². The maximum atomic E-state index is 12.3. The molecule has 0 fully saturated rings. The molecule has 0 saturated carbocycles. The van der Waals surface area contributed by atoms with E-state index in [0.717, 1.165) is 5.56 Å². The molecule has 90 valence electrons. The van der Waals surface area contributed by atoms with Crippen LogP contribution in [0.15, 0.2) is 30.3 Å². The van der Waals surface area contributed by atoms with Crippen molar-refractivity contribution in [2.24, 2.45) is 0 Å². The minimum absolute atomic E-state index is 0.0379. The lowest BCUT2D eigenvalue weighted by Gasteiger charge is -2.27. The Morgan fingerprint density at radius 1 is 1.12 bits per heavy atom. The summed E-state index contributed by atoms with van der Waals surface area (Å²) >= 11 is 0. The number of rotatable bonds is 6. The van der Waals surface area contributed by atoms with E-state index in [1.54, 1.807) is 24.3 Å². The van der Waals surface area contributed by atoms with Crippen LogP contribution < -0.4 is 0 Å². The van der Waals surface area contributed by atoms with Gasteiger partial charge in [0.05, 0.1) is 6.61 Å². The van der Waals surface area contributed by atoms with E-state index in [4.69, 9.17) is 5.11 Å². The first-order valence-electron chi connectivity index (χ1n) is 5.09. The van der Waals surface area contributed by atoms with E-state index in [2.05, 4.69) is 0 Å². The molecule has 0 unspecified atom stereocenters. The smallest absolute Gasteiger partial charge is 0.448 e. The fraction of sp³-hybridized carbons (Fsp3) is 0.400. The highest BCUT2D eigenvalue weighted by Gasteiger charge is 2.26. The molecule has 6 heteroatoms. The zero-order valence-electron chi connectivity index (χ0n) is 8.82. The number of benzene rings is 1. The zero-order chi connectivity index (χ0) is 12.0. The van der Waals surface area contributed by atoms with Gasteiger partial charge >= 0.3 is 6.98 Å². The quantitative estimate of drug-likeness (QED) is 0.756. The molecular formula is C10H14BF3NO-. The van der Waals surface area contributed by atoms with Crippen LogP contribution in [0.2, 0.25) is 0 Å². The number of nitrogens with zero attached hydrogens (tertiary/aromatic N) is 1. The van der Waals surface area contributed by atoms with E-state index >= 15 is 0 Å².